The van der Waals surface area contributed by atoms with E-state index < -0.39 is 0 Å². The molecule has 0 saturated heterocycles. The molecule has 2 aromatic carbocycles. The van der Waals surface area contributed by atoms with Gasteiger partial charge in [-0.3, -0.25) is 0 Å². The average molecular weight is 304 g/mol. The second-order valence-electron chi connectivity index (χ2n) is 5.28. The molecule has 0 N–H and O–H groups in total. The molecule has 2 aromatic rings. The molecular formula is C18H22ClNO. The molecule has 0 bridgehead atoms. The average Bonchev–Trinajstić information content (AvgIpc) is 2.54. The molecular weight excluding hydrogens is 282 g/mol. The quantitative estimate of drug-likeness (QED) is 0.728. The van der Waals surface area contributed by atoms with Crippen LogP contribution in [0.3, 0.4) is 0 Å². The smallest absolute Gasteiger partial charge is 0.122 e. The lowest BCUT2D eigenvalue weighted by molar-refractivity contribution is 0.408. The van der Waals surface area contributed by atoms with E-state index in [4.69, 9.17) is 16.3 Å². The number of anilines is 1. The molecule has 1 atom stereocenters. The van der Waals surface area contributed by atoms with Crippen LogP contribution in [0.25, 0.3) is 0 Å². The zero-order valence-electron chi connectivity index (χ0n) is 12.8. The lowest BCUT2D eigenvalue weighted by atomic mass is 10.0. The van der Waals surface area contributed by atoms with Crippen molar-refractivity contribution in [2.75, 3.05) is 19.1 Å². The Morgan fingerprint density at radius 1 is 1.10 bits per heavy atom. The highest BCUT2D eigenvalue weighted by Crippen LogP contribution is 2.23. The summed E-state index contributed by atoms with van der Waals surface area (Å²) in [6.07, 6.45) is 0.942. The molecule has 0 saturated carbocycles. The second-order valence-corrected chi connectivity index (χ2v) is 5.54. The molecule has 2 rings (SSSR count). The van der Waals surface area contributed by atoms with Crippen molar-refractivity contribution in [1.29, 1.82) is 0 Å². The number of para-hydroxylation sites is 1. The van der Waals surface area contributed by atoms with Crippen LogP contribution in [0.15, 0.2) is 48.5 Å². The number of likely N-dealkylation sites (N-methyl/N-ethyl adjacent to an activating group) is 1. The highest BCUT2D eigenvalue weighted by molar-refractivity contribution is 6.17. The summed E-state index contributed by atoms with van der Waals surface area (Å²) in [5, 5.41) is 0. The maximum atomic E-state index is 5.83. The number of halogens is 1. The molecule has 112 valence electrons. The van der Waals surface area contributed by atoms with Crippen LogP contribution < -0.4 is 9.64 Å². The normalized spacial score (nSPS) is 12.0. The summed E-state index contributed by atoms with van der Waals surface area (Å²) in [5.74, 6) is 1.51. The van der Waals surface area contributed by atoms with E-state index in [0.29, 0.717) is 11.9 Å². The summed E-state index contributed by atoms with van der Waals surface area (Å²) in [5.41, 5.74) is 3.58. The third-order valence-electron chi connectivity index (χ3n) is 3.87. The monoisotopic (exact) mass is 303 g/mol. The molecule has 0 heterocycles. The van der Waals surface area contributed by atoms with E-state index in [2.05, 4.69) is 55.3 Å². The molecule has 0 aliphatic carbocycles. The Labute approximate surface area is 132 Å². The molecule has 0 aliphatic heterocycles. The first-order valence-electron chi connectivity index (χ1n) is 7.15. The second kappa shape index (κ2) is 7.37. The van der Waals surface area contributed by atoms with Crippen LogP contribution in [-0.2, 0) is 12.3 Å². The fraction of sp³-hybridized carbons (Fsp3) is 0.333. The van der Waals surface area contributed by atoms with Gasteiger partial charge in [0.05, 0.1) is 7.11 Å². The first kappa shape index (κ1) is 15.7. The Hall–Kier alpha value is -1.67. The molecule has 0 spiro atoms. The SMILES string of the molecule is COc1ccccc1CC(C)N(C)c1ccc(CCl)cc1. The molecule has 1 unspecified atom stereocenters. The predicted octanol–water partition coefficient (Wildman–Crippen LogP) is 4.50. The van der Waals surface area contributed by atoms with Crippen LogP contribution >= 0.6 is 11.6 Å². The van der Waals surface area contributed by atoms with Crippen molar-refractivity contribution in [3.63, 3.8) is 0 Å². The minimum atomic E-state index is 0.378. The van der Waals surface area contributed by atoms with Gasteiger partial charge in [0.2, 0.25) is 0 Å². The van der Waals surface area contributed by atoms with E-state index >= 15 is 0 Å². The summed E-state index contributed by atoms with van der Waals surface area (Å²) in [6, 6.07) is 17.0. The van der Waals surface area contributed by atoms with E-state index in [0.717, 1.165) is 17.7 Å². The van der Waals surface area contributed by atoms with Crippen molar-refractivity contribution in [2.45, 2.75) is 25.3 Å². The van der Waals surface area contributed by atoms with Gasteiger partial charge in [0, 0.05) is 24.7 Å². The van der Waals surface area contributed by atoms with Gasteiger partial charge in [0.25, 0.3) is 0 Å². The molecule has 0 radical (unpaired) electrons. The molecule has 0 aliphatic rings. The Morgan fingerprint density at radius 3 is 2.38 bits per heavy atom. The van der Waals surface area contributed by atoms with Gasteiger partial charge in [-0.25, -0.2) is 0 Å². The lowest BCUT2D eigenvalue weighted by Gasteiger charge is -2.27. The maximum absolute atomic E-state index is 5.83. The zero-order valence-corrected chi connectivity index (χ0v) is 13.6. The summed E-state index contributed by atoms with van der Waals surface area (Å²) < 4.78 is 5.43. The number of ether oxygens (including phenoxy) is 1. The summed E-state index contributed by atoms with van der Waals surface area (Å²) in [7, 11) is 3.84. The van der Waals surface area contributed by atoms with Gasteiger partial charge in [-0.2, -0.15) is 0 Å². The van der Waals surface area contributed by atoms with Crippen molar-refractivity contribution in [1.82, 2.24) is 0 Å². The highest BCUT2D eigenvalue weighted by Gasteiger charge is 2.13. The topological polar surface area (TPSA) is 12.5 Å². The fourth-order valence-corrected chi connectivity index (χ4v) is 2.58. The Bertz CT molecular complexity index is 568. The van der Waals surface area contributed by atoms with Crippen LogP contribution in [0, 0.1) is 0 Å². The van der Waals surface area contributed by atoms with Crippen molar-refractivity contribution in [3.05, 3.63) is 59.7 Å². The fourth-order valence-electron chi connectivity index (χ4n) is 2.40. The maximum Gasteiger partial charge on any atom is 0.122 e. The van der Waals surface area contributed by atoms with Crippen LogP contribution in [0.4, 0.5) is 5.69 Å². The number of hydrogen-bond acceptors (Lipinski definition) is 2. The van der Waals surface area contributed by atoms with Gasteiger partial charge in [-0.05, 0) is 42.7 Å². The highest BCUT2D eigenvalue weighted by atomic mass is 35.5. The summed E-state index contributed by atoms with van der Waals surface area (Å²) in [6.45, 7) is 2.22. The van der Waals surface area contributed by atoms with Gasteiger partial charge in [-0.1, -0.05) is 30.3 Å². The molecule has 21 heavy (non-hydrogen) atoms. The van der Waals surface area contributed by atoms with Crippen LogP contribution in [0.5, 0.6) is 5.75 Å². The van der Waals surface area contributed by atoms with Gasteiger partial charge >= 0.3 is 0 Å². The van der Waals surface area contributed by atoms with Gasteiger partial charge in [0.1, 0.15) is 5.75 Å². The van der Waals surface area contributed by atoms with Gasteiger partial charge in [-0.15, -0.1) is 11.6 Å². The van der Waals surface area contributed by atoms with Crippen molar-refractivity contribution < 1.29 is 4.74 Å². The van der Waals surface area contributed by atoms with Crippen LogP contribution in [0.1, 0.15) is 18.1 Å². The molecule has 0 fully saturated rings. The standard InChI is InChI=1S/C18H22ClNO/c1-14(12-16-6-4-5-7-18(16)21-3)20(2)17-10-8-15(13-19)9-11-17/h4-11,14H,12-13H2,1-3H3. The van der Waals surface area contributed by atoms with Crippen molar-refractivity contribution in [2.24, 2.45) is 0 Å². The first-order chi connectivity index (χ1) is 10.2. The minimum absolute atomic E-state index is 0.378. The Kier molecular flexibility index (Phi) is 5.51. The van der Waals surface area contributed by atoms with Crippen LogP contribution in [-0.4, -0.2) is 20.2 Å². The van der Waals surface area contributed by atoms with Crippen molar-refractivity contribution in [3.8, 4) is 5.75 Å². The zero-order chi connectivity index (χ0) is 15.2. The minimum Gasteiger partial charge on any atom is -0.496 e. The predicted molar refractivity (Wildman–Crippen MR) is 90.6 cm³/mol. The number of hydrogen-bond donors (Lipinski definition) is 0. The lowest BCUT2D eigenvalue weighted by Crippen LogP contribution is -2.30. The molecule has 0 aromatic heterocycles. The van der Waals surface area contributed by atoms with E-state index in [1.165, 1.54) is 11.3 Å². The molecule has 0 amide bonds. The van der Waals surface area contributed by atoms with E-state index in [-0.39, 0.29) is 0 Å². The first-order valence-corrected chi connectivity index (χ1v) is 7.68. The molecule has 2 nitrogen and oxygen atoms in total. The summed E-state index contributed by atoms with van der Waals surface area (Å²) in [4.78, 5) is 2.28. The third-order valence-corrected chi connectivity index (χ3v) is 4.18. The Morgan fingerprint density at radius 2 is 1.76 bits per heavy atom. The van der Waals surface area contributed by atoms with E-state index in [1.807, 2.05) is 12.1 Å². The Balaban J connectivity index is 2.09. The van der Waals surface area contributed by atoms with Crippen molar-refractivity contribution >= 4 is 17.3 Å². The van der Waals surface area contributed by atoms with Crippen LogP contribution in [0.2, 0.25) is 0 Å². The number of benzene rings is 2. The number of alkyl halides is 1. The number of methoxy groups -OCH3 is 1. The van der Waals surface area contributed by atoms with E-state index in [9.17, 15) is 0 Å². The molecule has 3 heteroatoms. The van der Waals surface area contributed by atoms with Gasteiger partial charge < -0.3 is 9.64 Å². The summed E-state index contributed by atoms with van der Waals surface area (Å²) >= 11 is 5.83. The van der Waals surface area contributed by atoms with Gasteiger partial charge in [0.15, 0.2) is 0 Å². The number of nitrogens with zero attached hydrogens (tertiary/aromatic N) is 1. The van der Waals surface area contributed by atoms with E-state index in [1.54, 1.807) is 7.11 Å². The number of rotatable bonds is 6. The largest absolute Gasteiger partial charge is 0.496 e. The third kappa shape index (κ3) is 3.92.